The lowest BCUT2D eigenvalue weighted by Gasteiger charge is -2.10. The molecule has 1 nitrogen and oxygen atoms in total. The molecule has 3 heteroatoms. The molecule has 0 amide bonds. The van der Waals surface area contributed by atoms with E-state index in [1.54, 1.807) is 0 Å². The molecular weight excluding hydrogens is 210 g/mol. The van der Waals surface area contributed by atoms with Crippen molar-refractivity contribution >= 4 is 23.1 Å². The molecule has 1 aromatic rings. The van der Waals surface area contributed by atoms with Gasteiger partial charge in [0.1, 0.15) is 0 Å². The van der Waals surface area contributed by atoms with Gasteiger partial charge in [0.25, 0.3) is 0 Å². The van der Waals surface area contributed by atoms with Gasteiger partial charge >= 0.3 is 0 Å². The number of nitrogens with one attached hydrogen (secondary N) is 1. The molecule has 78 valence electrons. The first kappa shape index (κ1) is 10.5. The Balaban J connectivity index is 1.55. The lowest BCUT2D eigenvalue weighted by atomic mass is 10.2. The highest BCUT2D eigenvalue weighted by Gasteiger charge is 2.13. The van der Waals surface area contributed by atoms with Gasteiger partial charge in [-0.15, -0.1) is 23.1 Å². The van der Waals surface area contributed by atoms with Crippen LogP contribution in [0.3, 0.4) is 0 Å². The van der Waals surface area contributed by atoms with Gasteiger partial charge in [0.2, 0.25) is 0 Å². The van der Waals surface area contributed by atoms with E-state index >= 15 is 0 Å². The van der Waals surface area contributed by atoms with Crippen LogP contribution in [0.5, 0.6) is 0 Å². The molecule has 0 aliphatic heterocycles. The Morgan fingerprint density at radius 1 is 1.43 bits per heavy atom. The van der Waals surface area contributed by atoms with Crippen LogP contribution in [0.15, 0.2) is 21.7 Å². The summed E-state index contributed by atoms with van der Waals surface area (Å²) in [4.78, 5) is 0. The Kier molecular flexibility index (Phi) is 4.35. The molecule has 0 spiro atoms. The number of hydrogen-bond acceptors (Lipinski definition) is 3. The zero-order chi connectivity index (χ0) is 9.64. The summed E-state index contributed by atoms with van der Waals surface area (Å²) in [6.45, 7) is 1.16. The SMILES string of the molecule is c1csc(SCCNC2CCCC2)c1. The molecule has 1 aliphatic carbocycles. The smallest absolute Gasteiger partial charge is 0.0598 e. The molecule has 1 fully saturated rings. The number of hydrogen-bond donors (Lipinski definition) is 1. The minimum absolute atomic E-state index is 0.818. The van der Waals surface area contributed by atoms with E-state index in [0.717, 1.165) is 12.6 Å². The summed E-state index contributed by atoms with van der Waals surface area (Å²) in [6.07, 6.45) is 5.64. The Bertz CT molecular complexity index is 240. The lowest BCUT2D eigenvalue weighted by molar-refractivity contribution is 0.545. The van der Waals surface area contributed by atoms with Crippen molar-refractivity contribution in [1.82, 2.24) is 5.32 Å². The largest absolute Gasteiger partial charge is 0.313 e. The van der Waals surface area contributed by atoms with Gasteiger partial charge in [-0.05, 0) is 24.3 Å². The van der Waals surface area contributed by atoms with Crippen LogP contribution >= 0.6 is 23.1 Å². The fraction of sp³-hybridized carbons (Fsp3) is 0.636. The highest BCUT2D eigenvalue weighted by Crippen LogP contribution is 2.23. The monoisotopic (exact) mass is 227 g/mol. The van der Waals surface area contributed by atoms with Crippen molar-refractivity contribution in [3.63, 3.8) is 0 Å². The van der Waals surface area contributed by atoms with Crippen molar-refractivity contribution < 1.29 is 0 Å². The first-order valence-corrected chi connectivity index (χ1v) is 7.21. The standard InChI is InChI=1S/C11H17NS2/c1-2-5-10(4-1)12-7-9-14-11-6-3-8-13-11/h3,6,8,10,12H,1-2,4-5,7,9H2. The van der Waals surface area contributed by atoms with Crippen molar-refractivity contribution in [3.05, 3.63) is 17.5 Å². The summed E-state index contributed by atoms with van der Waals surface area (Å²) >= 11 is 3.81. The summed E-state index contributed by atoms with van der Waals surface area (Å²) in [7, 11) is 0. The maximum atomic E-state index is 3.63. The number of thiophene rings is 1. The molecule has 0 unspecified atom stereocenters. The van der Waals surface area contributed by atoms with E-state index in [1.807, 2.05) is 23.1 Å². The van der Waals surface area contributed by atoms with Crippen molar-refractivity contribution in [2.75, 3.05) is 12.3 Å². The van der Waals surface area contributed by atoms with E-state index in [0.29, 0.717) is 0 Å². The molecule has 0 radical (unpaired) electrons. The molecule has 1 heterocycles. The van der Waals surface area contributed by atoms with E-state index in [4.69, 9.17) is 0 Å². The zero-order valence-electron chi connectivity index (χ0n) is 8.37. The molecule has 0 bridgehead atoms. The summed E-state index contributed by atoms with van der Waals surface area (Å²) in [6, 6.07) is 5.14. The second kappa shape index (κ2) is 5.79. The van der Waals surface area contributed by atoms with E-state index in [1.165, 1.54) is 35.6 Å². The van der Waals surface area contributed by atoms with Crippen LogP contribution < -0.4 is 5.32 Å². The van der Waals surface area contributed by atoms with E-state index in [-0.39, 0.29) is 0 Å². The Morgan fingerprint density at radius 3 is 3.00 bits per heavy atom. The van der Waals surface area contributed by atoms with Crippen molar-refractivity contribution in [1.29, 1.82) is 0 Å². The molecule has 0 atom stereocenters. The fourth-order valence-electron chi connectivity index (χ4n) is 1.89. The molecule has 1 N–H and O–H groups in total. The van der Waals surface area contributed by atoms with Gasteiger partial charge in [-0.1, -0.05) is 18.9 Å². The molecule has 1 saturated carbocycles. The summed E-state index contributed by atoms with van der Waals surface area (Å²) in [5, 5.41) is 5.77. The summed E-state index contributed by atoms with van der Waals surface area (Å²) < 4.78 is 1.44. The molecule has 1 aliphatic rings. The van der Waals surface area contributed by atoms with Gasteiger partial charge in [0, 0.05) is 18.3 Å². The maximum absolute atomic E-state index is 3.63. The predicted molar refractivity (Wildman–Crippen MR) is 65.3 cm³/mol. The second-order valence-electron chi connectivity index (χ2n) is 3.72. The fourth-order valence-corrected chi connectivity index (χ4v) is 3.62. The van der Waals surface area contributed by atoms with Crippen LogP contribution in [0.25, 0.3) is 0 Å². The van der Waals surface area contributed by atoms with Gasteiger partial charge in [-0.2, -0.15) is 0 Å². The van der Waals surface area contributed by atoms with Gasteiger partial charge in [0.15, 0.2) is 0 Å². The van der Waals surface area contributed by atoms with Crippen LogP contribution in [-0.2, 0) is 0 Å². The summed E-state index contributed by atoms with van der Waals surface area (Å²) in [5.74, 6) is 1.21. The van der Waals surface area contributed by atoms with E-state index in [2.05, 4.69) is 22.8 Å². The quantitative estimate of drug-likeness (QED) is 0.611. The van der Waals surface area contributed by atoms with Gasteiger partial charge < -0.3 is 5.32 Å². The minimum Gasteiger partial charge on any atom is -0.313 e. The van der Waals surface area contributed by atoms with Crippen LogP contribution in [0, 0.1) is 0 Å². The van der Waals surface area contributed by atoms with Crippen LogP contribution in [0.1, 0.15) is 25.7 Å². The summed E-state index contributed by atoms with van der Waals surface area (Å²) in [5.41, 5.74) is 0. The number of rotatable bonds is 5. The van der Waals surface area contributed by atoms with Crippen LogP contribution in [-0.4, -0.2) is 18.3 Å². The first-order chi connectivity index (χ1) is 6.95. The van der Waals surface area contributed by atoms with Crippen LogP contribution in [0.2, 0.25) is 0 Å². The zero-order valence-corrected chi connectivity index (χ0v) is 10.0. The highest BCUT2D eigenvalue weighted by molar-refractivity contribution is 8.01. The third-order valence-corrected chi connectivity index (χ3v) is 4.76. The van der Waals surface area contributed by atoms with Crippen molar-refractivity contribution in [3.8, 4) is 0 Å². The number of thioether (sulfide) groups is 1. The van der Waals surface area contributed by atoms with Gasteiger partial charge in [-0.25, -0.2) is 0 Å². The van der Waals surface area contributed by atoms with Crippen molar-refractivity contribution in [2.45, 2.75) is 35.9 Å². The first-order valence-electron chi connectivity index (χ1n) is 5.35. The highest BCUT2D eigenvalue weighted by atomic mass is 32.2. The lowest BCUT2D eigenvalue weighted by Crippen LogP contribution is -2.27. The van der Waals surface area contributed by atoms with E-state index in [9.17, 15) is 0 Å². The Morgan fingerprint density at radius 2 is 2.29 bits per heavy atom. The Labute approximate surface area is 94.3 Å². The molecule has 1 aromatic heterocycles. The predicted octanol–water partition coefficient (Wildman–Crippen LogP) is 3.37. The van der Waals surface area contributed by atoms with Crippen molar-refractivity contribution in [2.24, 2.45) is 0 Å². The van der Waals surface area contributed by atoms with Crippen LogP contribution in [0.4, 0.5) is 0 Å². The van der Waals surface area contributed by atoms with E-state index < -0.39 is 0 Å². The minimum atomic E-state index is 0.818. The normalized spacial score (nSPS) is 17.7. The average molecular weight is 227 g/mol. The maximum Gasteiger partial charge on any atom is 0.0598 e. The van der Waals surface area contributed by atoms with Gasteiger partial charge in [0.05, 0.1) is 4.21 Å². The second-order valence-corrected chi connectivity index (χ2v) is 6.06. The Hall–Kier alpha value is 0.01000. The average Bonchev–Trinajstić information content (AvgIpc) is 2.86. The third-order valence-electron chi connectivity index (χ3n) is 2.63. The third kappa shape index (κ3) is 3.30. The molecule has 0 saturated heterocycles. The molecular formula is C11H17NS2. The molecule has 0 aromatic carbocycles. The van der Waals surface area contributed by atoms with Gasteiger partial charge in [-0.3, -0.25) is 0 Å². The molecule has 2 rings (SSSR count). The topological polar surface area (TPSA) is 12.0 Å². The molecule has 14 heavy (non-hydrogen) atoms.